The number of phenolic OH excluding ortho intramolecular Hbond substituents is 2. The maximum atomic E-state index is 13.0. The predicted octanol–water partition coefficient (Wildman–Crippen LogP) is -1.36. The van der Waals surface area contributed by atoms with Crippen LogP contribution < -0.4 is 27.4 Å². The standard InChI is InChI=1S/C25H31N5O8/c1-13(22(34)30-20(25(37)38)11-15-4-8-17(32)9-5-15)28-24(36)19(10-14-2-6-16(31)7-3-14)29-23(35)18(26)12-21(27)33/h2-9,13,18-20,31-32H,10-12,26H2,1H3,(H2,27,33)(H,28,36)(H,29,35)(H,30,34)(H,37,38). The van der Waals surface area contributed by atoms with Gasteiger partial charge in [-0.2, -0.15) is 0 Å². The largest absolute Gasteiger partial charge is 0.508 e. The minimum Gasteiger partial charge on any atom is -0.508 e. The molecule has 13 heteroatoms. The molecule has 0 aromatic heterocycles. The van der Waals surface area contributed by atoms with E-state index >= 15 is 0 Å². The molecule has 4 amide bonds. The van der Waals surface area contributed by atoms with Gasteiger partial charge in [0.05, 0.1) is 12.5 Å². The molecule has 0 fully saturated rings. The van der Waals surface area contributed by atoms with E-state index in [1.165, 1.54) is 55.5 Å². The lowest BCUT2D eigenvalue weighted by molar-refractivity contribution is -0.142. The van der Waals surface area contributed by atoms with Crippen molar-refractivity contribution in [2.45, 2.75) is 50.4 Å². The quantitative estimate of drug-likeness (QED) is 0.153. The maximum Gasteiger partial charge on any atom is 0.326 e. The minimum atomic E-state index is -1.31. The van der Waals surface area contributed by atoms with Crippen molar-refractivity contribution in [3.05, 3.63) is 59.7 Å². The molecule has 2 aromatic carbocycles. The van der Waals surface area contributed by atoms with Gasteiger partial charge in [-0.1, -0.05) is 24.3 Å². The number of hydrogen-bond donors (Lipinski definition) is 8. The topological polar surface area (TPSA) is 234 Å². The third kappa shape index (κ3) is 9.43. The van der Waals surface area contributed by atoms with Crippen LogP contribution in [0.2, 0.25) is 0 Å². The highest BCUT2D eigenvalue weighted by Gasteiger charge is 2.29. The number of aliphatic carboxylic acids is 1. The number of nitrogens with two attached hydrogens (primary N) is 2. The highest BCUT2D eigenvalue weighted by atomic mass is 16.4. The number of aromatic hydroxyl groups is 2. The van der Waals surface area contributed by atoms with Crippen LogP contribution in [0.1, 0.15) is 24.5 Å². The second-order valence-corrected chi connectivity index (χ2v) is 8.71. The summed E-state index contributed by atoms with van der Waals surface area (Å²) in [7, 11) is 0. The van der Waals surface area contributed by atoms with Crippen molar-refractivity contribution >= 4 is 29.6 Å². The molecule has 0 saturated heterocycles. The van der Waals surface area contributed by atoms with Gasteiger partial charge in [0.2, 0.25) is 23.6 Å². The van der Waals surface area contributed by atoms with Gasteiger partial charge in [-0.25, -0.2) is 4.79 Å². The number of carbonyl (C=O) groups is 5. The summed E-state index contributed by atoms with van der Waals surface area (Å²) < 4.78 is 0. The molecule has 0 saturated carbocycles. The monoisotopic (exact) mass is 529 g/mol. The number of carboxylic acids is 1. The van der Waals surface area contributed by atoms with Gasteiger partial charge in [-0.05, 0) is 42.3 Å². The third-order valence-electron chi connectivity index (χ3n) is 5.51. The number of phenols is 2. The molecule has 10 N–H and O–H groups in total. The van der Waals surface area contributed by atoms with E-state index in [0.717, 1.165) is 0 Å². The smallest absolute Gasteiger partial charge is 0.326 e. The number of hydrogen-bond acceptors (Lipinski definition) is 8. The van der Waals surface area contributed by atoms with Crippen LogP contribution in [-0.4, -0.2) is 69.1 Å². The molecule has 0 aliphatic rings. The van der Waals surface area contributed by atoms with Crippen LogP contribution in [0.3, 0.4) is 0 Å². The highest BCUT2D eigenvalue weighted by Crippen LogP contribution is 2.13. The Morgan fingerprint density at radius 3 is 1.63 bits per heavy atom. The van der Waals surface area contributed by atoms with E-state index in [9.17, 15) is 39.3 Å². The average Bonchev–Trinajstić information content (AvgIpc) is 2.85. The fraction of sp³-hybridized carbons (Fsp3) is 0.320. The van der Waals surface area contributed by atoms with E-state index in [1.54, 1.807) is 0 Å². The number of carboxylic acid groups (broad SMARTS) is 1. The molecular formula is C25H31N5O8. The normalized spacial score (nSPS) is 13.8. The number of primary amides is 1. The highest BCUT2D eigenvalue weighted by molar-refractivity contribution is 5.95. The molecular weight excluding hydrogens is 498 g/mol. The van der Waals surface area contributed by atoms with Crippen LogP contribution in [0.25, 0.3) is 0 Å². The molecule has 38 heavy (non-hydrogen) atoms. The van der Waals surface area contributed by atoms with E-state index in [0.29, 0.717) is 11.1 Å². The second-order valence-electron chi connectivity index (χ2n) is 8.71. The zero-order valence-corrected chi connectivity index (χ0v) is 20.6. The fourth-order valence-electron chi connectivity index (χ4n) is 3.41. The number of carbonyl (C=O) groups excluding carboxylic acids is 4. The molecule has 2 aromatic rings. The summed E-state index contributed by atoms with van der Waals surface area (Å²) in [6.45, 7) is 1.34. The van der Waals surface area contributed by atoms with Crippen molar-refractivity contribution < 1.29 is 39.3 Å². The van der Waals surface area contributed by atoms with E-state index in [-0.39, 0.29) is 24.3 Å². The first kappa shape index (κ1) is 29.6. The van der Waals surface area contributed by atoms with Gasteiger partial charge < -0.3 is 42.7 Å². The summed E-state index contributed by atoms with van der Waals surface area (Å²) in [5.74, 6) is -4.49. The zero-order chi connectivity index (χ0) is 28.4. The Morgan fingerprint density at radius 1 is 0.737 bits per heavy atom. The van der Waals surface area contributed by atoms with Crippen LogP contribution in [-0.2, 0) is 36.8 Å². The summed E-state index contributed by atoms with van der Waals surface area (Å²) in [5.41, 5.74) is 11.9. The van der Waals surface area contributed by atoms with Gasteiger partial charge >= 0.3 is 5.97 Å². The first-order valence-corrected chi connectivity index (χ1v) is 11.6. The van der Waals surface area contributed by atoms with Crippen LogP contribution in [0, 0.1) is 0 Å². The van der Waals surface area contributed by atoms with E-state index in [2.05, 4.69) is 16.0 Å². The molecule has 0 spiro atoms. The van der Waals surface area contributed by atoms with E-state index in [4.69, 9.17) is 11.5 Å². The number of benzene rings is 2. The maximum absolute atomic E-state index is 13.0. The SMILES string of the molecule is CC(NC(=O)C(Cc1ccc(O)cc1)NC(=O)C(N)CC(N)=O)C(=O)NC(Cc1ccc(O)cc1)C(=O)O. The van der Waals surface area contributed by atoms with Crippen molar-refractivity contribution in [2.75, 3.05) is 0 Å². The van der Waals surface area contributed by atoms with Gasteiger partial charge in [0.1, 0.15) is 29.6 Å². The average molecular weight is 530 g/mol. The van der Waals surface area contributed by atoms with E-state index in [1.807, 2.05) is 0 Å². The van der Waals surface area contributed by atoms with Crippen molar-refractivity contribution in [3.63, 3.8) is 0 Å². The van der Waals surface area contributed by atoms with Gasteiger partial charge in [0.15, 0.2) is 0 Å². The van der Waals surface area contributed by atoms with Gasteiger partial charge in [0, 0.05) is 12.8 Å². The van der Waals surface area contributed by atoms with Crippen molar-refractivity contribution in [1.82, 2.24) is 16.0 Å². The molecule has 2 rings (SSSR count). The molecule has 4 unspecified atom stereocenters. The molecule has 0 bridgehead atoms. The zero-order valence-electron chi connectivity index (χ0n) is 20.6. The van der Waals surface area contributed by atoms with Crippen molar-refractivity contribution in [2.24, 2.45) is 11.5 Å². The Balaban J connectivity index is 2.10. The molecule has 0 aliphatic heterocycles. The fourth-order valence-corrected chi connectivity index (χ4v) is 3.41. The van der Waals surface area contributed by atoms with Gasteiger partial charge in [-0.15, -0.1) is 0 Å². The van der Waals surface area contributed by atoms with Gasteiger partial charge in [-0.3, -0.25) is 19.2 Å². The lowest BCUT2D eigenvalue weighted by Crippen LogP contribution is -2.57. The molecule has 204 valence electrons. The van der Waals surface area contributed by atoms with Gasteiger partial charge in [0.25, 0.3) is 0 Å². The summed E-state index contributed by atoms with van der Waals surface area (Å²) >= 11 is 0. The number of amides is 4. The molecule has 0 heterocycles. The first-order chi connectivity index (χ1) is 17.8. The lowest BCUT2D eigenvalue weighted by atomic mass is 10.0. The van der Waals surface area contributed by atoms with Crippen LogP contribution in [0.4, 0.5) is 0 Å². The molecule has 0 radical (unpaired) electrons. The summed E-state index contributed by atoms with van der Waals surface area (Å²) in [5, 5.41) is 35.6. The number of nitrogens with one attached hydrogen (secondary N) is 3. The van der Waals surface area contributed by atoms with Crippen LogP contribution >= 0.6 is 0 Å². The lowest BCUT2D eigenvalue weighted by Gasteiger charge is -2.23. The molecule has 13 nitrogen and oxygen atoms in total. The Bertz CT molecular complexity index is 1150. The summed E-state index contributed by atoms with van der Waals surface area (Å²) in [6, 6.07) is 6.60. The van der Waals surface area contributed by atoms with Crippen molar-refractivity contribution in [3.8, 4) is 11.5 Å². The first-order valence-electron chi connectivity index (χ1n) is 11.6. The Labute approximate surface area is 218 Å². The Kier molecular flexibility index (Phi) is 10.6. The minimum absolute atomic E-state index is 0.00512. The van der Waals surface area contributed by atoms with Crippen LogP contribution in [0.15, 0.2) is 48.5 Å². The molecule has 4 atom stereocenters. The Hall–Kier alpha value is -4.65. The van der Waals surface area contributed by atoms with Crippen molar-refractivity contribution in [1.29, 1.82) is 0 Å². The molecule has 0 aliphatic carbocycles. The van der Waals surface area contributed by atoms with E-state index < -0.39 is 60.2 Å². The second kappa shape index (κ2) is 13.6. The third-order valence-corrected chi connectivity index (χ3v) is 5.51. The Morgan fingerprint density at radius 2 is 1.18 bits per heavy atom. The number of rotatable bonds is 13. The predicted molar refractivity (Wildman–Crippen MR) is 135 cm³/mol. The summed E-state index contributed by atoms with van der Waals surface area (Å²) in [4.78, 5) is 61.0. The van der Waals surface area contributed by atoms with Crippen LogP contribution in [0.5, 0.6) is 11.5 Å². The summed E-state index contributed by atoms with van der Waals surface area (Å²) in [6.07, 6.45) is -0.566.